The molecule has 3 rings (SSSR count). The van der Waals surface area contributed by atoms with Crippen molar-refractivity contribution in [1.29, 1.82) is 0 Å². The summed E-state index contributed by atoms with van der Waals surface area (Å²) < 4.78 is 26.4. The second-order valence-corrected chi connectivity index (χ2v) is 8.77. The highest BCUT2D eigenvalue weighted by molar-refractivity contribution is 6.62. The predicted octanol–water partition coefficient (Wildman–Crippen LogP) is 2.65. The van der Waals surface area contributed by atoms with Crippen LogP contribution in [-0.2, 0) is 15.9 Å². The Bertz CT molecular complexity index is 616. The van der Waals surface area contributed by atoms with E-state index in [2.05, 4.69) is 16.8 Å². The Morgan fingerprint density at radius 2 is 1.69 bits per heavy atom. The molecule has 2 aliphatic heterocycles. The Kier molecular flexibility index (Phi) is 5.78. The van der Waals surface area contributed by atoms with E-state index >= 15 is 0 Å². The maximum absolute atomic E-state index is 14.2. The summed E-state index contributed by atoms with van der Waals surface area (Å²) in [5.41, 5.74) is 0.873. The average Bonchev–Trinajstić information content (AvgIpc) is 3.11. The highest BCUT2D eigenvalue weighted by Gasteiger charge is 2.51. The number of likely N-dealkylation sites (tertiary alicyclic amines) is 1. The molecule has 0 atom stereocenters. The molecule has 2 saturated heterocycles. The summed E-state index contributed by atoms with van der Waals surface area (Å²) in [6.45, 7) is 13.3. The van der Waals surface area contributed by atoms with Crippen LogP contribution in [0.4, 0.5) is 4.39 Å². The summed E-state index contributed by atoms with van der Waals surface area (Å²) >= 11 is 0. The number of benzene rings is 1. The van der Waals surface area contributed by atoms with Gasteiger partial charge in [0, 0.05) is 19.6 Å². The van der Waals surface area contributed by atoms with Gasteiger partial charge in [-0.3, -0.25) is 0 Å². The van der Waals surface area contributed by atoms with Gasteiger partial charge in [0.25, 0.3) is 0 Å². The zero-order valence-corrected chi connectivity index (χ0v) is 16.8. The van der Waals surface area contributed by atoms with Gasteiger partial charge >= 0.3 is 7.12 Å². The summed E-state index contributed by atoms with van der Waals surface area (Å²) in [5.74, 6) is -0.236. The van der Waals surface area contributed by atoms with E-state index in [4.69, 9.17) is 9.31 Å². The lowest BCUT2D eigenvalue weighted by molar-refractivity contribution is 0.00578. The van der Waals surface area contributed by atoms with Gasteiger partial charge in [0.2, 0.25) is 0 Å². The second kappa shape index (κ2) is 7.59. The van der Waals surface area contributed by atoms with E-state index in [0.717, 1.165) is 30.7 Å². The van der Waals surface area contributed by atoms with Crippen molar-refractivity contribution in [2.45, 2.75) is 58.3 Å². The maximum atomic E-state index is 14.2. The molecule has 26 heavy (non-hydrogen) atoms. The molecule has 0 aromatic heterocycles. The van der Waals surface area contributed by atoms with Crippen LogP contribution in [0.15, 0.2) is 18.2 Å². The Morgan fingerprint density at radius 1 is 1.08 bits per heavy atom. The first-order valence-corrected chi connectivity index (χ1v) is 9.72. The van der Waals surface area contributed by atoms with E-state index in [0.29, 0.717) is 0 Å². The minimum Gasteiger partial charge on any atom is -0.399 e. The largest absolute Gasteiger partial charge is 0.494 e. The lowest BCUT2D eigenvalue weighted by atomic mass is 9.78. The Morgan fingerprint density at radius 3 is 2.31 bits per heavy atom. The zero-order valence-electron chi connectivity index (χ0n) is 16.8. The van der Waals surface area contributed by atoms with Gasteiger partial charge in [-0.1, -0.05) is 6.07 Å². The van der Waals surface area contributed by atoms with Crippen LogP contribution in [0.5, 0.6) is 0 Å². The molecule has 6 heteroatoms. The molecule has 4 nitrogen and oxygen atoms in total. The fourth-order valence-corrected chi connectivity index (χ4v) is 3.59. The van der Waals surface area contributed by atoms with Crippen molar-refractivity contribution in [3.63, 3.8) is 0 Å². The molecule has 2 fully saturated rings. The van der Waals surface area contributed by atoms with Gasteiger partial charge < -0.3 is 19.1 Å². The highest BCUT2D eigenvalue weighted by atomic mass is 19.1. The van der Waals surface area contributed by atoms with E-state index in [-0.39, 0.29) is 5.82 Å². The monoisotopic (exact) mass is 362 g/mol. The van der Waals surface area contributed by atoms with Gasteiger partial charge in [-0.2, -0.15) is 0 Å². The van der Waals surface area contributed by atoms with Crippen molar-refractivity contribution in [2.75, 3.05) is 33.2 Å². The van der Waals surface area contributed by atoms with Crippen molar-refractivity contribution in [3.05, 3.63) is 29.6 Å². The maximum Gasteiger partial charge on any atom is 0.494 e. The minimum absolute atomic E-state index is 0.236. The topological polar surface area (TPSA) is 24.9 Å². The molecular weight excluding hydrogens is 330 g/mol. The third kappa shape index (κ3) is 4.48. The van der Waals surface area contributed by atoms with Gasteiger partial charge in [-0.25, -0.2) is 4.39 Å². The number of likely N-dealkylation sites (N-methyl/N-ethyl adjacent to an activating group) is 1. The number of rotatable bonds is 6. The third-order valence-corrected chi connectivity index (χ3v) is 5.95. The summed E-state index contributed by atoms with van der Waals surface area (Å²) in [6.07, 6.45) is 2.62. The van der Waals surface area contributed by atoms with Crippen LogP contribution < -0.4 is 5.46 Å². The molecule has 0 spiro atoms. The molecule has 0 bridgehead atoms. The molecule has 144 valence electrons. The molecule has 1 aromatic carbocycles. The van der Waals surface area contributed by atoms with Crippen LogP contribution in [0, 0.1) is 5.82 Å². The third-order valence-electron chi connectivity index (χ3n) is 5.95. The first-order valence-electron chi connectivity index (χ1n) is 9.72. The molecular formula is C20H32BFN2O2. The molecule has 2 heterocycles. The predicted molar refractivity (Wildman–Crippen MR) is 104 cm³/mol. The van der Waals surface area contributed by atoms with Gasteiger partial charge in [-0.15, -0.1) is 0 Å². The summed E-state index contributed by atoms with van der Waals surface area (Å²) in [4.78, 5) is 4.75. The number of hydrogen-bond acceptors (Lipinski definition) is 4. The van der Waals surface area contributed by atoms with Crippen LogP contribution in [0.2, 0.25) is 0 Å². The van der Waals surface area contributed by atoms with E-state index < -0.39 is 18.3 Å². The Balaban J connectivity index is 1.64. The van der Waals surface area contributed by atoms with Crippen molar-refractivity contribution in [1.82, 2.24) is 9.80 Å². The van der Waals surface area contributed by atoms with Crippen molar-refractivity contribution in [3.8, 4) is 0 Å². The molecule has 0 radical (unpaired) electrons. The molecule has 0 saturated carbocycles. The van der Waals surface area contributed by atoms with Crippen LogP contribution in [0.1, 0.15) is 46.1 Å². The fraction of sp³-hybridized carbons (Fsp3) is 0.700. The van der Waals surface area contributed by atoms with Crippen molar-refractivity contribution >= 4 is 12.6 Å². The summed E-state index contributed by atoms with van der Waals surface area (Å²) in [6, 6.07) is 5.15. The fourth-order valence-electron chi connectivity index (χ4n) is 3.59. The normalized spacial score (nSPS) is 22.5. The van der Waals surface area contributed by atoms with Crippen LogP contribution in [0.3, 0.4) is 0 Å². The van der Waals surface area contributed by atoms with Gasteiger partial charge in [-0.05, 0) is 83.8 Å². The number of halogens is 1. The van der Waals surface area contributed by atoms with Crippen molar-refractivity contribution in [2.24, 2.45) is 0 Å². The van der Waals surface area contributed by atoms with Crippen LogP contribution in [-0.4, -0.2) is 61.3 Å². The quantitative estimate of drug-likeness (QED) is 0.727. The molecule has 0 aliphatic carbocycles. The second-order valence-electron chi connectivity index (χ2n) is 8.77. The first kappa shape index (κ1) is 19.8. The molecule has 0 unspecified atom stereocenters. The van der Waals surface area contributed by atoms with Crippen LogP contribution in [0.25, 0.3) is 0 Å². The van der Waals surface area contributed by atoms with E-state index in [9.17, 15) is 4.39 Å². The lowest BCUT2D eigenvalue weighted by Gasteiger charge is -2.32. The van der Waals surface area contributed by atoms with Gasteiger partial charge in [0.15, 0.2) is 0 Å². The first-order chi connectivity index (χ1) is 12.2. The smallest absolute Gasteiger partial charge is 0.399 e. The van der Waals surface area contributed by atoms with E-state index in [1.165, 1.54) is 32.0 Å². The van der Waals surface area contributed by atoms with Gasteiger partial charge in [0.05, 0.1) is 11.2 Å². The number of nitrogens with zero attached hydrogens (tertiary/aromatic N) is 2. The average molecular weight is 362 g/mol. The van der Waals surface area contributed by atoms with Crippen molar-refractivity contribution < 1.29 is 13.7 Å². The standard InChI is InChI=1S/C20H32BFN2O2/c1-19(2)20(3,4)26-21(25-19)17-12-16(13-18(22)14-17)15-23(5)10-11-24-8-6-7-9-24/h12-14H,6-11,15H2,1-5H3. The molecule has 2 aliphatic rings. The van der Waals surface area contributed by atoms with E-state index in [1.807, 2.05) is 33.8 Å². The SMILES string of the molecule is CN(CCN1CCCC1)Cc1cc(F)cc(B2OC(C)(C)C(C)(C)O2)c1. The number of hydrogen-bond donors (Lipinski definition) is 0. The Hall–Kier alpha value is -0.945. The summed E-state index contributed by atoms with van der Waals surface area (Å²) in [7, 11) is 1.57. The summed E-state index contributed by atoms with van der Waals surface area (Å²) in [5, 5.41) is 0. The van der Waals surface area contributed by atoms with E-state index in [1.54, 1.807) is 6.07 Å². The lowest BCUT2D eigenvalue weighted by Crippen LogP contribution is -2.41. The van der Waals surface area contributed by atoms with Gasteiger partial charge in [0.1, 0.15) is 5.82 Å². The Labute approximate surface area is 157 Å². The highest BCUT2D eigenvalue weighted by Crippen LogP contribution is 2.36. The molecule has 0 N–H and O–H groups in total. The molecule has 0 amide bonds. The van der Waals surface area contributed by atoms with Crippen LogP contribution >= 0.6 is 0 Å². The minimum atomic E-state index is -0.524. The molecule has 1 aromatic rings. The zero-order chi connectivity index (χ0) is 18.9.